The summed E-state index contributed by atoms with van der Waals surface area (Å²) in [4.78, 5) is 33.8. The topological polar surface area (TPSA) is 87.3 Å². The van der Waals surface area contributed by atoms with Crippen LogP contribution in [0.3, 0.4) is 0 Å². The molecule has 2 N–H and O–H groups in total. The van der Waals surface area contributed by atoms with E-state index in [4.69, 9.17) is 16.3 Å². The number of methoxy groups -OCH3 is 1. The number of aromatic amines is 1. The van der Waals surface area contributed by atoms with Crippen molar-refractivity contribution in [2.24, 2.45) is 0 Å². The number of aromatic nitrogens is 2. The number of carbonyl (C=O) groups excluding carboxylic acids is 1. The standard InChI is InChI=1S/C28H27ClN4O3/c1-3-26(34)33-24(18-9-12-25(36-2)30-16-18)15-23(32-33)27-21(13-17-7-5-4-6-8-17)20-14-19(29)10-11-22(20)31-28(27)35/h4-12,14,16,23-24,32H,3,13,15H2,1-2H3,(H,31,35). The van der Waals surface area contributed by atoms with E-state index in [1.54, 1.807) is 30.4 Å². The average molecular weight is 503 g/mol. The summed E-state index contributed by atoms with van der Waals surface area (Å²) in [5.41, 5.74) is 7.38. The zero-order valence-corrected chi connectivity index (χ0v) is 20.9. The van der Waals surface area contributed by atoms with Crippen molar-refractivity contribution in [1.29, 1.82) is 0 Å². The second-order valence-corrected chi connectivity index (χ2v) is 9.32. The molecule has 184 valence electrons. The third-order valence-electron chi connectivity index (χ3n) is 6.69. The molecule has 1 aliphatic rings. The summed E-state index contributed by atoms with van der Waals surface area (Å²) in [6, 6.07) is 18.6. The van der Waals surface area contributed by atoms with Crippen LogP contribution in [-0.2, 0) is 11.2 Å². The van der Waals surface area contributed by atoms with E-state index in [0.29, 0.717) is 35.7 Å². The van der Waals surface area contributed by atoms with Crippen LogP contribution in [-0.4, -0.2) is 28.0 Å². The Morgan fingerprint density at radius 3 is 2.67 bits per heavy atom. The molecule has 8 heteroatoms. The average Bonchev–Trinajstić information content (AvgIpc) is 3.34. The van der Waals surface area contributed by atoms with Gasteiger partial charge in [0.2, 0.25) is 11.8 Å². The number of fused-ring (bicyclic) bond motifs is 1. The molecule has 2 unspecified atom stereocenters. The number of halogens is 1. The minimum absolute atomic E-state index is 0.0526. The van der Waals surface area contributed by atoms with E-state index < -0.39 is 0 Å². The summed E-state index contributed by atoms with van der Waals surface area (Å²) in [5.74, 6) is 0.450. The van der Waals surface area contributed by atoms with Crippen molar-refractivity contribution in [3.63, 3.8) is 0 Å². The first kappa shape index (κ1) is 24.0. The second kappa shape index (κ2) is 10.1. The van der Waals surface area contributed by atoms with E-state index in [0.717, 1.165) is 27.6 Å². The van der Waals surface area contributed by atoms with Gasteiger partial charge in [0.15, 0.2) is 0 Å². The monoisotopic (exact) mass is 502 g/mol. The molecule has 0 spiro atoms. The highest BCUT2D eigenvalue weighted by Gasteiger charge is 2.38. The molecule has 0 radical (unpaired) electrons. The number of H-pyrrole nitrogens is 1. The second-order valence-electron chi connectivity index (χ2n) is 8.88. The highest BCUT2D eigenvalue weighted by Crippen LogP contribution is 2.39. The molecule has 3 heterocycles. The fraction of sp³-hybridized carbons (Fsp3) is 0.250. The molecule has 2 aromatic heterocycles. The lowest BCUT2D eigenvalue weighted by Crippen LogP contribution is -2.40. The minimum atomic E-state index is -0.376. The molecule has 4 aromatic rings. The van der Waals surface area contributed by atoms with Gasteiger partial charge in [-0.15, -0.1) is 0 Å². The Balaban J connectivity index is 1.63. The van der Waals surface area contributed by atoms with E-state index >= 15 is 0 Å². The van der Waals surface area contributed by atoms with E-state index in [1.165, 1.54) is 0 Å². The van der Waals surface area contributed by atoms with E-state index in [9.17, 15) is 9.59 Å². The lowest BCUT2D eigenvalue weighted by Gasteiger charge is -2.24. The number of hydrogen-bond acceptors (Lipinski definition) is 5. The van der Waals surface area contributed by atoms with Gasteiger partial charge < -0.3 is 9.72 Å². The van der Waals surface area contributed by atoms with Gasteiger partial charge in [0.25, 0.3) is 5.56 Å². The largest absolute Gasteiger partial charge is 0.481 e. The number of carbonyl (C=O) groups is 1. The Bertz CT molecular complexity index is 1450. The molecule has 2 aromatic carbocycles. The van der Waals surface area contributed by atoms with Crippen LogP contribution in [0.15, 0.2) is 71.7 Å². The Hall–Kier alpha value is -3.68. The predicted molar refractivity (Wildman–Crippen MR) is 140 cm³/mol. The molecular formula is C28H27ClN4O3. The van der Waals surface area contributed by atoms with Crippen molar-refractivity contribution in [1.82, 2.24) is 20.4 Å². The number of hydrogen-bond donors (Lipinski definition) is 2. The van der Waals surface area contributed by atoms with Crippen LogP contribution < -0.4 is 15.7 Å². The number of benzene rings is 2. The Kier molecular flexibility index (Phi) is 6.76. The predicted octanol–water partition coefficient (Wildman–Crippen LogP) is 5.11. The van der Waals surface area contributed by atoms with Crippen molar-refractivity contribution in [3.05, 3.63) is 104 Å². The van der Waals surface area contributed by atoms with Gasteiger partial charge in [0, 0.05) is 40.2 Å². The summed E-state index contributed by atoms with van der Waals surface area (Å²) in [7, 11) is 1.56. The molecule has 36 heavy (non-hydrogen) atoms. The van der Waals surface area contributed by atoms with Crippen molar-refractivity contribution in [2.45, 2.75) is 38.3 Å². The minimum Gasteiger partial charge on any atom is -0.481 e. The van der Waals surface area contributed by atoms with Crippen LogP contribution in [0.5, 0.6) is 5.88 Å². The highest BCUT2D eigenvalue weighted by molar-refractivity contribution is 6.31. The van der Waals surface area contributed by atoms with Gasteiger partial charge in [-0.3, -0.25) is 14.6 Å². The first-order valence-corrected chi connectivity index (χ1v) is 12.3. The first-order valence-electron chi connectivity index (χ1n) is 11.9. The van der Waals surface area contributed by atoms with Crippen LogP contribution in [0.1, 0.15) is 54.1 Å². The normalized spacial score (nSPS) is 17.5. The van der Waals surface area contributed by atoms with Crippen molar-refractivity contribution >= 4 is 28.4 Å². The number of ether oxygens (including phenoxy) is 1. The number of amides is 1. The first-order chi connectivity index (χ1) is 17.5. The van der Waals surface area contributed by atoms with E-state index in [-0.39, 0.29) is 23.6 Å². The Morgan fingerprint density at radius 2 is 1.97 bits per heavy atom. The van der Waals surface area contributed by atoms with Crippen LogP contribution in [0.25, 0.3) is 10.9 Å². The molecule has 1 amide bonds. The molecule has 0 saturated carbocycles. The molecule has 1 saturated heterocycles. The maximum Gasteiger partial charge on any atom is 0.253 e. The van der Waals surface area contributed by atoms with Gasteiger partial charge in [0.05, 0.1) is 19.2 Å². The van der Waals surface area contributed by atoms with Gasteiger partial charge >= 0.3 is 0 Å². The Labute approximate surface area is 214 Å². The molecule has 5 rings (SSSR count). The SMILES string of the molecule is CCC(=O)N1NC(c2c(Cc3ccccc3)c3cc(Cl)ccc3[nH]c2=O)CC1c1ccc(OC)nc1. The number of nitrogens with zero attached hydrogens (tertiary/aromatic N) is 2. The third-order valence-corrected chi connectivity index (χ3v) is 6.92. The zero-order valence-electron chi connectivity index (χ0n) is 20.1. The van der Waals surface area contributed by atoms with Gasteiger partial charge in [-0.05, 0) is 53.8 Å². The molecule has 1 aliphatic heterocycles. The zero-order chi connectivity index (χ0) is 25.2. The van der Waals surface area contributed by atoms with Crippen molar-refractivity contribution in [3.8, 4) is 5.88 Å². The maximum absolute atomic E-state index is 13.5. The van der Waals surface area contributed by atoms with Crippen LogP contribution >= 0.6 is 11.6 Å². The van der Waals surface area contributed by atoms with Gasteiger partial charge in [0.1, 0.15) is 0 Å². The smallest absolute Gasteiger partial charge is 0.253 e. The molecular weight excluding hydrogens is 476 g/mol. The summed E-state index contributed by atoms with van der Waals surface area (Å²) in [5, 5.41) is 3.13. The van der Waals surface area contributed by atoms with E-state index in [2.05, 4.69) is 15.4 Å². The van der Waals surface area contributed by atoms with Gasteiger partial charge in [-0.25, -0.2) is 10.4 Å². The summed E-state index contributed by atoms with van der Waals surface area (Å²) in [6.07, 6.45) is 3.14. The number of hydrazine groups is 1. The van der Waals surface area contributed by atoms with Crippen LogP contribution in [0, 0.1) is 0 Å². The molecule has 7 nitrogen and oxygen atoms in total. The van der Waals surface area contributed by atoms with E-state index in [1.807, 2.05) is 55.5 Å². The number of nitrogens with one attached hydrogen (secondary N) is 2. The van der Waals surface area contributed by atoms with Crippen LogP contribution in [0.4, 0.5) is 0 Å². The Morgan fingerprint density at radius 1 is 1.17 bits per heavy atom. The van der Waals surface area contributed by atoms with Crippen molar-refractivity contribution < 1.29 is 9.53 Å². The maximum atomic E-state index is 13.5. The third kappa shape index (κ3) is 4.59. The van der Waals surface area contributed by atoms with Gasteiger partial charge in [-0.1, -0.05) is 48.9 Å². The molecule has 2 atom stereocenters. The summed E-state index contributed by atoms with van der Waals surface area (Å²) >= 11 is 6.38. The molecule has 0 bridgehead atoms. The van der Waals surface area contributed by atoms with Crippen molar-refractivity contribution in [2.75, 3.05) is 7.11 Å². The van der Waals surface area contributed by atoms with Crippen LogP contribution in [0.2, 0.25) is 5.02 Å². The summed E-state index contributed by atoms with van der Waals surface area (Å²) < 4.78 is 5.19. The fourth-order valence-electron chi connectivity index (χ4n) is 4.94. The van der Waals surface area contributed by atoms with Gasteiger partial charge in [-0.2, -0.15) is 0 Å². The molecule has 1 fully saturated rings. The number of pyridine rings is 2. The lowest BCUT2D eigenvalue weighted by atomic mass is 9.90. The number of rotatable bonds is 6. The fourth-order valence-corrected chi connectivity index (χ4v) is 5.11. The summed E-state index contributed by atoms with van der Waals surface area (Å²) in [6.45, 7) is 1.83. The quantitative estimate of drug-likeness (QED) is 0.383. The molecule has 0 aliphatic carbocycles. The lowest BCUT2D eigenvalue weighted by molar-refractivity contribution is -0.135. The highest BCUT2D eigenvalue weighted by atomic mass is 35.5.